The van der Waals surface area contributed by atoms with Gasteiger partial charge in [0.15, 0.2) is 17.9 Å². The molecular weight excluding hydrogens is 342 g/mol. The summed E-state index contributed by atoms with van der Waals surface area (Å²) in [5.41, 5.74) is 2.60. The molecule has 3 aromatic rings. The SMILES string of the molecule is Cc1cncc(C(=O)c2c(C=O)cnc(C)c2C(=O)c2cccnc2C)c1. The topological polar surface area (TPSA) is 89.9 Å². The van der Waals surface area contributed by atoms with Gasteiger partial charge in [-0.15, -0.1) is 0 Å². The van der Waals surface area contributed by atoms with Crippen molar-refractivity contribution in [2.24, 2.45) is 0 Å². The first kappa shape index (κ1) is 18.3. The maximum absolute atomic E-state index is 13.2. The molecule has 3 aromatic heterocycles. The number of carbonyl (C=O) groups is 3. The first-order valence-corrected chi connectivity index (χ1v) is 8.31. The van der Waals surface area contributed by atoms with E-state index >= 15 is 0 Å². The standard InChI is InChI=1S/C21H17N3O3/c1-12-7-15(9-22-8-12)20(26)19-16(11-25)10-24-14(3)18(19)21(27)17-5-4-6-23-13(17)2/h4-11H,1-3H3. The molecule has 27 heavy (non-hydrogen) atoms. The summed E-state index contributed by atoms with van der Waals surface area (Å²) in [4.78, 5) is 50.3. The van der Waals surface area contributed by atoms with Gasteiger partial charge in [-0.25, -0.2) is 0 Å². The number of aromatic nitrogens is 3. The van der Waals surface area contributed by atoms with Crippen LogP contribution in [0.1, 0.15) is 59.2 Å². The minimum Gasteiger partial charge on any atom is -0.298 e. The van der Waals surface area contributed by atoms with Crippen LogP contribution in [0.4, 0.5) is 0 Å². The number of nitrogens with zero attached hydrogens (tertiary/aromatic N) is 3. The van der Waals surface area contributed by atoms with E-state index in [1.807, 2.05) is 6.92 Å². The molecule has 0 saturated heterocycles. The van der Waals surface area contributed by atoms with E-state index in [4.69, 9.17) is 0 Å². The summed E-state index contributed by atoms with van der Waals surface area (Å²) < 4.78 is 0. The van der Waals surface area contributed by atoms with Crippen LogP contribution in [0.25, 0.3) is 0 Å². The van der Waals surface area contributed by atoms with Gasteiger partial charge in [-0.05, 0) is 44.5 Å². The van der Waals surface area contributed by atoms with Gasteiger partial charge in [0.05, 0.1) is 5.56 Å². The summed E-state index contributed by atoms with van der Waals surface area (Å²) in [6.45, 7) is 5.16. The lowest BCUT2D eigenvalue weighted by atomic mass is 9.89. The Morgan fingerprint density at radius 1 is 0.926 bits per heavy atom. The van der Waals surface area contributed by atoms with Gasteiger partial charge in [0, 0.05) is 58.4 Å². The molecule has 0 aliphatic carbocycles. The fourth-order valence-electron chi connectivity index (χ4n) is 2.91. The van der Waals surface area contributed by atoms with Gasteiger partial charge in [0.1, 0.15) is 0 Å². The summed E-state index contributed by atoms with van der Waals surface area (Å²) in [6, 6.07) is 4.96. The Balaban J connectivity index is 2.26. The maximum Gasteiger partial charge on any atom is 0.197 e. The molecule has 6 heteroatoms. The van der Waals surface area contributed by atoms with Crippen molar-refractivity contribution in [2.75, 3.05) is 0 Å². The molecule has 0 unspecified atom stereocenters. The van der Waals surface area contributed by atoms with Crippen LogP contribution >= 0.6 is 0 Å². The van der Waals surface area contributed by atoms with E-state index in [0.29, 0.717) is 28.8 Å². The van der Waals surface area contributed by atoms with Crippen LogP contribution in [-0.4, -0.2) is 32.8 Å². The van der Waals surface area contributed by atoms with E-state index < -0.39 is 11.6 Å². The molecule has 0 aliphatic heterocycles. The summed E-state index contributed by atoms with van der Waals surface area (Å²) >= 11 is 0. The lowest BCUT2D eigenvalue weighted by Crippen LogP contribution is -2.18. The largest absolute Gasteiger partial charge is 0.298 e. The number of aldehydes is 1. The van der Waals surface area contributed by atoms with Crippen LogP contribution in [0.15, 0.2) is 43.0 Å². The van der Waals surface area contributed by atoms with Gasteiger partial charge in [0.25, 0.3) is 0 Å². The Labute approximate surface area is 156 Å². The lowest BCUT2D eigenvalue weighted by molar-refractivity contribution is 0.0998. The highest BCUT2D eigenvalue weighted by Gasteiger charge is 2.26. The number of aryl methyl sites for hydroxylation is 3. The van der Waals surface area contributed by atoms with Crippen molar-refractivity contribution >= 4 is 17.9 Å². The molecule has 0 N–H and O–H groups in total. The van der Waals surface area contributed by atoms with Crippen molar-refractivity contribution in [1.82, 2.24) is 15.0 Å². The molecule has 0 radical (unpaired) electrons. The summed E-state index contributed by atoms with van der Waals surface area (Å²) in [6.07, 6.45) is 6.48. The fraction of sp³-hybridized carbons (Fsp3) is 0.143. The third-order valence-electron chi connectivity index (χ3n) is 4.27. The van der Waals surface area contributed by atoms with E-state index in [9.17, 15) is 14.4 Å². The molecule has 0 saturated carbocycles. The Kier molecular flexibility index (Phi) is 4.98. The first-order valence-electron chi connectivity index (χ1n) is 8.31. The number of hydrogen-bond acceptors (Lipinski definition) is 6. The van der Waals surface area contributed by atoms with Crippen LogP contribution in [0.5, 0.6) is 0 Å². The second-order valence-electron chi connectivity index (χ2n) is 6.21. The van der Waals surface area contributed by atoms with Crippen LogP contribution in [-0.2, 0) is 0 Å². The smallest absolute Gasteiger partial charge is 0.197 e. The number of pyridine rings is 3. The first-order chi connectivity index (χ1) is 12.9. The van der Waals surface area contributed by atoms with Crippen molar-refractivity contribution in [3.05, 3.63) is 87.8 Å². The zero-order chi connectivity index (χ0) is 19.6. The van der Waals surface area contributed by atoms with Gasteiger partial charge in [0.2, 0.25) is 0 Å². The molecule has 0 aliphatic rings. The van der Waals surface area contributed by atoms with Gasteiger partial charge >= 0.3 is 0 Å². The monoisotopic (exact) mass is 359 g/mol. The number of ketones is 2. The summed E-state index contributed by atoms with van der Waals surface area (Å²) in [5, 5.41) is 0. The van der Waals surface area contributed by atoms with Crippen LogP contribution in [0.2, 0.25) is 0 Å². The highest BCUT2D eigenvalue weighted by molar-refractivity contribution is 6.22. The van der Waals surface area contributed by atoms with Gasteiger partial charge < -0.3 is 0 Å². The molecule has 0 aromatic carbocycles. The average Bonchev–Trinajstić information content (AvgIpc) is 2.67. The average molecular weight is 359 g/mol. The van der Waals surface area contributed by atoms with Crippen molar-refractivity contribution < 1.29 is 14.4 Å². The second kappa shape index (κ2) is 7.37. The summed E-state index contributed by atoms with van der Waals surface area (Å²) in [7, 11) is 0. The maximum atomic E-state index is 13.2. The molecule has 0 fully saturated rings. The van der Waals surface area contributed by atoms with Crippen molar-refractivity contribution in [1.29, 1.82) is 0 Å². The minimum atomic E-state index is -0.441. The second-order valence-corrected chi connectivity index (χ2v) is 6.21. The highest BCUT2D eigenvalue weighted by Crippen LogP contribution is 2.24. The van der Waals surface area contributed by atoms with E-state index in [2.05, 4.69) is 15.0 Å². The third-order valence-corrected chi connectivity index (χ3v) is 4.27. The molecule has 0 atom stereocenters. The van der Waals surface area contributed by atoms with Crippen LogP contribution < -0.4 is 0 Å². The van der Waals surface area contributed by atoms with E-state index in [1.165, 1.54) is 12.4 Å². The van der Waals surface area contributed by atoms with Gasteiger partial charge in [-0.3, -0.25) is 29.3 Å². The van der Waals surface area contributed by atoms with E-state index in [1.54, 1.807) is 44.4 Å². The number of hydrogen-bond donors (Lipinski definition) is 0. The molecular formula is C21H17N3O3. The summed E-state index contributed by atoms with van der Waals surface area (Å²) in [5.74, 6) is -0.832. The molecule has 0 bridgehead atoms. The van der Waals surface area contributed by atoms with Gasteiger partial charge in [-0.1, -0.05) is 0 Å². The fourth-order valence-corrected chi connectivity index (χ4v) is 2.91. The van der Waals surface area contributed by atoms with Crippen molar-refractivity contribution in [3.63, 3.8) is 0 Å². The predicted octanol–water partition coefficient (Wildman–Crippen LogP) is 3.07. The quantitative estimate of drug-likeness (QED) is 0.514. The van der Waals surface area contributed by atoms with E-state index in [0.717, 1.165) is 5.56 Å². The van der Waals surface area contributed by atoms with Crippen molar-refractivity contribution in [3.8, 4) is 0 Å². The molecule has 3 rings (SSSR count). The Morgan fingerprint density at radius 3 is 2.37 bits per heavy atom. The Morgan fingerprint density at radius 2 is 1.70 bits per heavy atom. The Hall–Kier alpha value is -3.54. The number of carbonyl (C=O) groups excluding carboxylic acids is 3. The molecule has 0 amide bonds. The van der Waals surface area contributed by atoms with Crippen LogP contribution in [0.3, 0.4) is 0 Å². The third kappa shape index (κ3) is 3.42. The minimum absolute atomic E-state index is 0.0400. The highest BCUT2D eigenvalue weighted by atomic mass is 16.1. The zero-order valence-corrected chi connectivity index (χ0v) is 15.2. The predicted molar refractivity (Wildman–Crippen MR) is 99.2 cm³/mol. The van der Waals surface area contributed by atoms with Crippen molar-refractivity contribution in [2.45, 2.75) is 20.8 Å². The van der Waals surface area contributed by atoms with E-state index in [-0.39, 0.29) is 16.7 Å². The van der Waals surface area contributed by atoms with Crippen LogP contribution in [0, 0.1) is 20.8 Å². The molecule has 134 valence electrons. The molecule has 3 heterocycles. The Bertz CT molecular complexity index is 1070. The van der Waals surface area contributed by atoms with Gasteiger partial charge in [-0.2, -0.15) is 0 Å². The lowest BCUT2D eigenvalue weighted by Gasteiger charge is -2.13. The molecule has 0 spiro atoms. The molecule has 6 nitrogen and oxygen atoms in total. The normalized spacial score (nSPS) is 10.5. The zero-order valence-electron chi connectivity index (χ0n) is 15.2. The number of rotatable bonds is 5.